The van der Waals surface area contributed by atoms with Crippen LogP contribution in [0.4, 0.5) is 0 Å². The topological polar surface area (TPSA) is 82.9 Å². The predicted molar refractivity (Wildman–Crippen MR) is 111 cm³/mol. The highest BCUT2D eigenvalue weighted by Crippen LogP contribution is 2.26. The summed E-state index contributed by atoms with van der Waals surface area (Å²) in [7, 11) is -3.70. The molecule has 29 heavy (non-hydrogen) atoms. The van der Waals surface area contributed by atoms with Crippen LogP contribution in [0.25, 0.3) is 0 Å². The van der Waals surface area contributed by atoms with Crippen molar-refractivity contribution in [2.45, 2.75) is 43.7 Å². The maximum Gasteiger partial charge on any atom is 0.243 e. The number of likely N-dealkylation sites (N-methyl/N-ethyl adjacent to an activating group) is 1. The van der Waals surface area contributed by atoms with E-state index < -0.39 is 16.1 Å². The lowest BCUT2D eigenvalue weighted by Gasteiger charge is -2.29. The van der Waals surface area contributed by atoms with Gasteiger partial charge in [-0.1, -0.05) is 32.0 Å². The normalized spacial score (nSPS) is 18.8. The number of hydrogen-bond acceptors (Lipinski definition) is 5. The number of carbonyl (C=O) groups is 1. The van der Waals surface area contributed by atoms with Crippen molar-refractivity contribution in [3.8, 4) is 0 Å². The van der Waals surface area contributed by atoms with Crippen LogP contribution in [0.15, 0.2) is 58.0 Å². The summed E-state index contributed by atoms with van der Waals surface area (Å²) in [6.07, 6.45) is 2.81. The quantitative estimate of drug-likeness (QED) is 0.676. The summed E-state index contributed by atoms with van der Waals surface area (Å²) in [4.78, 5) is 15.4. The van der Waals surface area contributed by atoms with Crippen LogP contribution in [-0.2, 0) is 14.8 Å². The van der Waals surface area contributed by atoms with E-state index in [1.165, 1.54) is 4.31 Å². The fourth-order valence-corrected chi connectivity index (χ4v) is 5.57. The minimum Gasteiger partial charge on any atom is -0.468 e. The van der Waals surface area contributed by atoms with Crippen LogP contribution in [0.1, 0.15) is 38.5 Å². The summed E-state index contributed by atoms with van der Waals surface area (Å²) in [5, 5.41) is 2.97. The first-order chi connectivity index (χ1) is 14.0. The molecule has 0 bridgehead atoms. The van der Waals surface area contributed by atoms with Crippen molar-refractivity contribution in [1.29, 1.82) is 0 Å². The molecule has 1 saturated heterocycles. The zero-order valence-corrected chi connectivity index (χ0v) is 17.8. The van der Waals surface area contributed by atoms with Crippen molar-refractivity contribution in [2.24, 2.45) is 0 Å². The maximum absolute atomic E-state index is 13.0. The number of amides is 1. The first-order valence-electron chi connectivity index (χ1n) is 10.1. The Bertz CT molecular complexity index is 880. The third-order valence-corrected chi connectivity index (χ3v) is 7.37. The number of benzene rings is 1. The van der Waals surface area contributed by atoms with E-state index in [0.717, 1.165) is 18.8 Å². The van der Waals surface area contributed by atoms with Gasteiger partial charge in [0.1, 0.15) is 11.8 Å². The van der Waals surface area contributed by atoms with Gasteiger partial charge in [0.25, 0.3) is 0 Å². The van der Waals surface area contributed by atoms with Crippen molar-refractivity contribution < 1.29 is 17.6 Å². The fourth-order valence-electron chi connectivity index (χ4n) is 3.89. The van der Waals surface area contributed by atoms with Crippen LogP contribution in [0.2, 0.25) is 0 Å². The molecule has 7 nitrogen and oxygen atoms in total. The summed E-state index contributed by atoms with van der Waals surface area (Å²) in [5.74, 6) is 0.528. The Balaban J connectivity index is 1.72. The van der Waals surface area contributed by atoms with E-state index in [9.17, 15) is 13.2 Å². The average molecular weight is 420 g/mol. The third-order valence-electron chi connectivity index (χ3n) is 5.45. The molecule has 0 aliphatic carbocycles. The van der Waals surface area contributed by atoms with Gasteiger partial charge in [0.15, 0.2) is 0 Å². The molecule has 1 N–H and O–H groups in total. The lowest BCUT2D eigenvalue weighted by Crippen LogP contribution is -2.48. The lowest BCUT2D eigenvalue weighted by molar-refractivity contribution is -0.124. The zero-order chi connectivity index (χ0) is 20.9. The summed E-state index contributed by atoms with van der Waals surface area (Å²) >= 11 is 0. The van der Waals surface area contributed by atoms with Crippen molar-refractivity contribution in [3.63, 3.8) is 0 Å². The molecule has 0 radical (unpaired) electrons. The highest BCUT2D eigenvalue weighted by Gasteiger charge is 2.39. The number of nitrogens with one attached hydrogen (secondary N) is 1. The van der Waals surface area contributed by atoms with Crippen molar-refractivity contribution in [2.75, 3.05) is 26.2 Å². The molecule has 2 heterocycles. The monoisotopic (exact) mass is 419 g/mol. The maximum atomic E-state index is 13.0. The van der Waals surface area contributed by atoms with Gasteiger partial charge >= 0.3 is 0 Å². The van der Waals surface area contributed by atoms with Gasteiger partial charge in [0, 0.05) is 13.1 Å². The van der Waals surface area contributed by atoms with E-state index in [2.05, 4.69) is 24.1 Å². The Morgan fingerprint density at radius 3 is 2.55 bits per heavy atom. The lowest BCUT2D eigenvalue weighted by atomic mass is 10.1. The molecule has 158 valence electrons. The molecule has 1 aliphatic heterocycles. The number of nitrogens with zero attached hydrogens (tertiary/aromatic N) is 2. The number of rotatable bonds is 9. The second-order valence-corrected chi connectivity index (χ2v) is 8.97. The van der Waals surface area contributed by atoms with Crippen molar-refractivity contribution >= 4 is 15.9 Å². The summed E-state index contributed by atoms with van der Waals surface area (Å²) in [5.41, 5.74) is 0. The van der Waals surface area contributed by atoms with Crippen molar-refractivity contribution in [1.82, 2.24) is 14.5 Å². The predicted octanol–water partition coefficient (Wildman–Crippen LogP) is 2.63. The molecule has 3 rings (SSSR count). The molecular weight excluding hydrogens is 390 g/mol. The number of hydrogen-bond donors (Lipinski definition) is 1. The van der Waals surface area contributed by atoms with E-state index in [1.54, 1.807) is 36.6 Å². The van der Waals surface area contributed by atoms with Gasteiger partial charge in [-0.05, 0) is 50.2 Å². The highest BCUT2D eigenvalue weighted by atomic mass is 32.2. The molecule has 0 saturated carbocycles. The summed E-state index contributed by atoms with van der Waals surface area (Å²) < 4.78 is 32.9. The number of sulfonamides is 1. The minimum absolute atomic E-state index is 0.0930. The van der Waals surface area contributed by atoms with Gasteiger partial charge in [-0.25, -0.2) is 8.42 Å². The Morgan fingerprint density at radius 1 is 1.21 bits per heavy atom. The fraction of sp³-hybridized carbons (Fsp3) is 0.476. The summed E-state index contributed by atoms with van der Waals surface area (Å²) in [6.45, 7) is 6.47. The van der Waals surface area contributed by atoms with Crippen LogP contribution in [-0.4, -0.2) is 55.8 Å². The van der Waals surface area contributed by atoms with Crippen LogP contribution in [0.5, 0.6) is 0 Å². The molecule has 0 spiro atoms. The van der Waals surface area contributed by atoms with E-state index in [1.807, 2.05) is 12.1 Å². The third kappa shape index (κ3) is 4.71. The Hall–Kier alpha value is -2.16. The van der Waals surface area contributed by atoms with Crippen LogP contribution in [0, 0.1) is 0 Å². The zero-order valence-electron chi connectivity index (χ0n) is 17.0. The molecule has 1 aromatic carbocycles. The molecule has 8 heteroatoms. The Morgan fingerprint density at radius 2 is 1.93 bits per heavy atom. The van der Waals surface area contributed by atoms with Gasteiger partial charge in [0.05, 0.1) is 17.2 Å². The smallest absolute Gasteiger partial charge is 0.243 e. The molecular formula is C21H29N3O4S. The average Bonchev–Trinajstić information content (AvgIpc) is 3.44. The van der Waals surface area contributed by atoms with Gasteiger partial charge in [-0.3, -0.25) is 9.69 Å². The molecule has 2 aromatic rings. The van der Waals surface area contributed by atoms with Crippen molar-refractivity contribution in [3.05, 3.63) is 54.5 Å². The van der Waals surface area contributed by atoms with Gasteiger partial charge < -0.3 is 9.73 Å². The molecule has 1 aromatic heterocycles. The van der Waals surface area contributed by atoms with Gasteiger partial charge in [-0.15, -0.1) is 0 Å². The highest BCUT2D eigenvalue weighted by molar-refractivity contribution is 7.89. The van der Waals surface area contributed by atoms with E-state index in [4.69, 9.17) is 4.42 Å². The molecule has 1 amide bonds. The van der Waals surface area contributed by atoms with Gasteiger partial charge in [0.2, 0.25) is 15.9 Å². The van der Waals surface area contributed by atoms with Crippen LogP contribution in [0.3, 0.4) is 0 Å². The van der Waals surface area contributed by atoms with E-state index in [0.29, 0.717) is 25.9 Å². The van der Waals surface area contributed by atoms with Crippen LogP contribution < -0.4 is 5.32 Å². The minimum atomic E-state index is -3.70. The van der Waals surface area contributed by atoms with Crippen LogP contribution >= 0.6 is 0 Å². The molecule has 2 unspecified atom stereocenters. The SMILES string of the molecule is CCN(CC)C(CNC(=O)C1CCCN1S(=O)(=O)c1ccccc1)c1ccco1. The summed E-state index contributed by atoms with van der Waals surface area (Å²) in [6, 6.07) is 11.2. The van der Waals surface area contributed by atoms with E-state index in [-0.39, 0.29) is 16.8 Å². The molecule has 2 atom stereocenters. The molecule has 1 fully saturated rings. The number of carbonyl (C=O) groups excluding carboxylic acids is 1. The first kappa shape index (κ1) is 21.5. The Kier molecular flexibility index (Phi) is 7.10. The van der Waals surface area contributed by atoms with Gasteiger partial charge in [-0.2, -0.15) is 4.31 Å². The Labute approximate surface area is 172 Å². The molecule has 1 aliphatic rings. The largest absolute Gasteiger partial charge is 0.468 e. The second kappa shape index (κ2) is 9.56. The number of furan rings is 1. The van der Waals surface area contributed by atoms with E-state index >= 15 is 0 Å². The first-order valence-corrected chi connectivity index (χ1v) is 11.5. The second-order valence-electron chi connectivity index (χ2n) is 7.08. The standard InChI is InChI=1S/C21H29N3O4S/c1-3-23(4-2)19(20-13-9-15-28-20)16-22-21(25)18-12-8-14-24(18)29(26,27)17-10-6-5-7-11-17/h5-7,9-11,13,15,18-19H,3-4,8,12,14,16H2,1-2H3,(H,22,25).